The highest BCUT2D eigenvalue weighted by molar-refractivity contribution is 6.59. The van der Waals surface area contributed by atoms with Crippen LogP contribution in [0.3, 0.4) is 0 Å². The van der Waals surface area contributed by atoms with Crippen molar-refractivity contribution in [1.29, 1.82) is 0 Å². The summed E-state index contributed by atoms with van der Waals surface area (Å²) in [6, 6.07) is 0.697. The molecule has 0 aliphatic rings. The summed E-state index contributed by atoms with van der Waals surface area (Å²) in [7, 11) is -2.30. The molecule has 3 nitrogen and oxygen atoms in total. The van der Waals surface area contributed by atoms with Gasteiger partial charge in [0.25, 0.3) is 0 Å². The molecule has 0 saturated heterocycles. The van der Waals surface area contributed by atoms with E-state index in [4.69, 9.17) is 13.7 Å². The van der Waals surface area contributed by atoms with Gasteiger partial charge in [-0.3, -0.25) is 4.98 Å². The van der Waals surface area contributed by atoms with E-state index in [0.717, 1.165) is 0 Å². The van der Waals surface area contributed by atoms with E-state index in [0.29, 0.717) is 12.3 Å². The van der Waals surface area contributed by atoms with E-state index < -0.39 is 50.3 Å². The first kappa shape index (κ1) is 3.07. The molecule has 70 valence electrons. The fourth-order valence-corrected chi connectivity index (χ4v) is 0.819. The molecular formula is C9H14BNO2. The average molecular weight is 189 g/mol. The molecule has 0 atom stereocenters. The highest BCUT2D eigenvalue weighted by Gasteiger charge is 2.14. The number of aryl methyl sites for hydroxylation is 2. The molecule has 0 aromatic carbocycles. The van der Waals surface area contributed by atoms with Crippen LogP contribution in [-0.2, 0) is 6.37 Å². The molecule has 1 rings (SSSR count). The van der Waals surface area contributed by atoms with Crippen molar-refractivity contribution in [2.24, 2.45) is 0 Å². The second-order valence-corrected chi connectivity index (χ2v) is 2.29. The van der Waals surface area contributed by atoms with Crippen LogP contribution in [-0.4, -0.2) is 22.2 Å². The third-order valence-electron chi connectivity index (χ3n) is 1.40. The SMILES string of the molecule is [2H]C([2H])([2H])c1ncc(C([2H])([2H])C([2H])([2H])C([2H])([2H])[2H])cc1B(O)O. The Kier molecular flexibility index (Phi) is 1.04. The molecule has 1 aromatic heterocycles. The highest BCUT2D eigenvalue weighted by atomic mass is 16.4. The van der Waals surface area contributed by atoms with Gasteiger partial charge < -0.3 is 10.0 Å². The van der Waals surface area contributed by atoms with Crippen molar-refractivity contribution in [2.75, 3.05) is 0 Å². The maximum Gasteiger partial charge on any atom is 0.490 e. The number of pyridine rings is 1. The first-order valence-electron chi connectivity index (χ1n) is 8.40. The molecule has 0 aliphatic carbocycles. The van der Waals surface area contributed by atoms with Crippen LogP contribution in [0.5, 0.6) is 0 Å². The molecule has 0 spiro atoms. The summed E-state index contributed by atoms with van der Waals surface area (Å²) >= 11 is 0. The minimum Gasteiger partial charge on any atom is -0.423 e. The van der Waals surface area contributed by atoms with Crippen LogP contribution in [0.4, 0.5) is 0 Å². The average Bonchev–Trinajstić information content (AvgIpc) is 2.35. The Bertz CT molecular complexity index is 583. The first-order valence-corrected chi connectivity index (χ1v) is 3.40. The van der Waals surface area contributed by atoms with Gasteiger partial charge >= 0.3 is 7.12 Å². The Morgan fingerprint density at radius 3 is 3.15 bits per heavy atom. The van der Waals surface area contributed by atoms with Crippen LogP contribution < -0.4 is 5.46 Å². The van der Waals surface area contributed by atoms with Crippen molar-refractivity contribution in [2.45, 2.75) is 26.4 Å². The van der Waals surface area contributed by atoms with Gasteiger partial charge in [0.15, 0.2) is 0 Å². The van der Waals surface area contributed by atoms with E-state index in [2.05, 4.69) is 4.98 Å². The van der Waals surface area contributed by atoms with Crippen LogP contribution in [0.25, 0.3) is 0 Å². The van der Waals surface area contributed by atoms with E-state index in [1.54, 1.807) is 0 Å². The second kappa shape index (κ2) is 4.39. The van der Waals surface area contributed by atoms with Gasteiger partial charge in [-0.15, -0.1) is 0 Å². The molecule has 0 amide bonds. The van der Waals surface area contributed by atoms with Gasteiger partial charge in [-0.2, -0.15) is 0 Å². The van der Waals surface area contributed by atoms with Crippen molar-refractivity contribution in [3.05, 3.63) is 23.5 Å². The largest absolute Gasteiger partial charge is 0.490 e. The van der Waals surface area contributed by atoms with Gasteiger partial charge in [0.2, 0.25) is 0 Å². The minimum atomic E-state index is -3.32. The molecule has 13 heavy (non-hydrogen) atoms. The van der Waals surface area contributed by atoms with Crippen molar-refractivity contribution in [3.63, 3.8) is 0 Å². The molecule has 0 radical (unpaired) electrons. The topological polar surface area (TPSA) is 53.4 Å². The predicted molar refractivity (Wildman–Crippen MR) is 52.8 cm³/mol. The molecule has 0 bridgehead atoms. The zero-order chi connectivity index (χ0) is 18.4. The lowest BCUT2D eigenvalue weighted by Crippen LogP contribution is -2.33. The predicted octanol–water partition coefficient (Wildman–Crippen LogP) is 0.0223. The Morgan fingerprint density at radius 2 is 2.54 bits per heavy atom. The fourth-order valence-electron chi connectivity index (χ4n) is 0.819. The Hall–Kier alpha value is -0.865. The highest BCUT2D eigenvalue weighted by Crippen LogP contribution is 2.01. The van der Waals surface area contributed by atoms with Crippen molar-refractivity contribution < 1.29 is 23.8 Å². The van der Waals surface area contributed by atoms with Gasteiger partial charge in [0.05, 0.1) is 0 Å². The lowest BCUT2D eigenvalue weighted by atomic mass is 9.78. The molecule has 2 N–H and O–H groups in total. The molecule has 0 unspecified atom stereocenters. The van der Waals surface area contributed by atoms with E-state index in [1.165, 1.54) is 0 Å². The van der Waals surface area contributed by atoms with Gasteiger partial charge in [-0.05, 0) is 18.8 Å². The molecular weight excluding hydrogens is 165 g/mol. The standard InChI is InChI=1S/C9H14BNO2/c1-3-4-8-5-9(10(12)13)7(2)11-6-8/h5-6,12-13H,3-4H2,1-2H3/i1D3,2D3,3D2,4D2. The summed E-state index contributed by atoms with van der Waals surface area (Å²) in [4.78, 5) is 3.46. The zero-order valence-electron chi connectivity index (χ0n) is 16.6. The molecule has 0 fully saturated rings. The van der Waals surface area contributed by atoms with Crippen LogP contribution in [0.1, 0.15) is 38.2 Å². The Labute approximate surface area is 92.6 Å². The number of hydrogen-bond acceptors (Lipinski definition) is 3. The summed E-state index contributed by atoms with van der Waals surface area (Å²) in [5, 5.41) is 18.5. The summed E-state index contributed by atoms with van der Waals surface area (Å²) in [6.07, 6.45) is -5.72. The van der Waals surface area contributed by atoms with Crippen LogP contribution in [0.2, 0.25) is 0 Å². The van der Waals surface area contributed by atoms with Gasteiger partial charge in [0.1, 0.15) is 0 Å². The normalized spacial score (nSPS) is 25.7. The number of hydrogen-bond donors (Lipinski definition) is 2. The Balaban J connectivity index is 3.54. The third kappa shape index (κ3) is 2.54. The number of aromatic nitrogens is 1. The van der Waals surface area contributed by atoms with Gasteiger partial charge in [0, 0.05) is 31.1 Å². The van der Waals surface area contributed by atoms with E-state index >= 15 is 0 Å². The monoisotopic (exact) mass is 189 g/mol. The summed E-state index contributed by atoms with van der Waals surface area (Å²) in [5.74, 6) is 0. The van der Waals surface area contributed by atoms with E-state index in [1.807, 2.05) is 0 Å². The lowest BCUT2D eigenvalue weighted by molar-refractivity contribution is 0.425. The summed E-state index contributed by atoms with van der Waals surface area (Å²) in [5.41, 5.74) is -1.95. The van der Waals surface area contributed by atoms with Gasteiger partial charge in [-0.25, -0.2) is 0 Å². The smallest absolute Gasteiger partial charge is 0.423 e. The molecule has 1 aromatic rings. The third-order valence-corrected chi connectivity index (χ3v) is 1.40. The molecule has 0 saturated carbocycles. The molecule has 0 aliphatic heterocycles. The van der Waals surface area contributed by atoms with E-state index in [-0.39, 0.29) is 0 Å². The quantitative estimate of drug-likeness (QED) is 0.659. The number of rotatable bonds is 3. The summed E-state index contributed by atoms with van der Waals surface area (Å²) in [6.45, 7) is -6.12. The van der Waals surface area contributed by atoms with Gasteiger partial charge in [-0.1, -0.05) is 19.3 Å². The van der Waals surface area contributed by atoms with Crippen molar-refractivity contribution in [1.82, 2.24) is 4.98 Å². The maximum absolute atomic E-state index is 9.26. The lowest BCUT2D eigenvalue weighted by Gasteiger charge is -2.05. The van der Waals surface area contributed by atoms with Crippen LogP contribution in [0, 0.1) is 6.85 Å². The zero-order valence-corrected chi connectivity index (χ0v) is 6.57. The minimum absolute atomic E-state index is 0.616. The number of nitrogens with zero attached hydrogens (tertiary/aromatic N) is 1. The van der Waals surface area contributed by atoms with Crippen LogP contribution >= 0.6 is 0 Å². The maximum atomic E-state index is 9.26. The van der Waals surface area contributed by atoms with Crippen LogP contribution in [0.15, 0.2) is 12.3 Å². The molecule has 1 heterocycles. The first-order chi connectivity index (χ1) is 10.0. The second-order valence-electron chi connectivity index (χ2n) is 2.29. The Morgan fingerprint density at radius 1 is 1.69 bits per heavy atom. The van der Waals surface area contributed by atoms with Crippen molar-refractivity contribution >= 4 is 12.6 Å². The summed E-state index contributed by atoms with van der Waals surface area (Å²) < 4.78 is 73.8. The van der Waals surface area contributed by atoms with Crippen molar-refractivity contribution in [3.8, 4) is 0 Å². The molecule has 4 heteroatoms. The fraction of sp³-hybridized carbons (Fsp3) is 0.444. The van der Waals surface area contributed by atoms with E-state index in [9.17, 15) is 10.0 Å².